The van der Waals surface area contributed by atoms with Gasteiger partial charge < -0.3 is 10.6 Å². The lowest BCUT2D eigenvalue weighted by atomic mass is 9.89. The maximum absolute atomic E-state index is 13.4. The number of benzene rings is 2. The van der Waals surface area contributed by atoms with Crippen molar-refractivity contribution in [1.29, 1.82) is 0 Å². The second-order valence-electron chi connectivity index (χ2n) is 7.58. The Morgan fingerprint density at radius 1 is 1.20 bits per heavy atom. The number of anilines is 1. The minimum absolute atomic E-state index is 0.0573. The van der Waals surface area contributed by atoms with Gasteiger partial charge in [0.1, 0.15) is 5.82 Å². The van der Waals surface area contributed by atoms with Crippen molar-refractivity contribution in [3.63, 3.8) is 0 Å². The van der Waals surface area contributed by atoms with E-state index in [1.165, 1.54) is 12.1 Å². The maximum atomic E-state index is 13.4. The van der Waals surface area contributed by atoms with Gasteiger partial charge in [-0.05, 0) is 61.7 Å². The molecule has 1 aliphatic heterocycles. The monoisotopic (exact) mass is 406 g/mol. The molecular formula is C23H23FN4O2. The van der Waals surface area contributed by atoms with Gasteiger partial charge in [-0.15, -0.1) is 0 Å². The fourth-order valence-electron chi connectivity index (χ4n) is 3.82. The SMILES string of the molecule is Cc1cc(C)n(-c2ccc(CCNC(=O)C3CC(=O)Nc4cc(F)ccc43)cc2)n1. The normalized spacial score (nSPS) is 15.4. The summed E-state index contributed by atoms with van der Waals surface area (Å²) in [5, 5.41) is 10.0. The van der Waals surface area contributed by atoms with Crippen molar-refractivity contribution in [2.24, 2.45) is 0 Å². The average molecular weight is 406 g/mol. The van der Waals surface area contributed by atoms with Gasteiger partial charge in [0, 0.05) is 24.3 Å². The Morgan fingerprint density at radius 2 is 1.97 bits per heavy atom. The summed E-state index contributed by atoms with van der Waals surface area (Å²) in [6.07, 6.45) is 0.722. The van der Waals surface area contributed by atoms with E-state index >= 15 is 0 Å². The predicted molar refractivity (Wildman–Crippen MR) is 112 cm³/mol. The molecule has 154 valence electrons. The van der Waals surface area contributed by atoms with Crippen LogP contribution in [0.1, 0.15) is 34.9 Å². The van der Waals surface area contributed by atoms with Crippen LogP contribution in [0.15, 0.2) is 48.5 Å². The van der Waals surface area contributed by atoms with Crippen LogP contribution in [-0.2, 0) is 16.0 Å². The van der Waals surface area contributed by atoms with Crippen molar-refractivity contribution in [2.75, 3.05) is 11.9 Å². The second kappa shape index (κ2) is 8.10. The Bertz CT molecular complexity index is 1100. The van der Waals surface area contributed by atoms with Crippen LogP contribution in [0.3, 0.4) is 0 Å². The van der Waals surface area contributed by atoms with Gasteiger partial charge in [0.25, 0.3) is 0 Å². The molecule has 1 atom stereocenters. The molecule has 6 nitrogen and oxygen atoms in total. The van der Waals surface area contributed by atoms with E-state index in [4.69, 9.17) is 0 Å². The zero-order valence-electron chi connectivity index (χ0n) is 16.9. The Kier molecular flexibility index (Phi) is 5.35. The molecule has 0 fully saturated rings. The molecule has 2 heterocycles. The Labute approximate surface area is 174 Å². The number of rotatable bonds is 5. The Hall–Kier alpha value is -3.48. The zero-order valence-corrected chi connectivity index (χ0v) is 16.9. The fourth-order valence-corrected chi connectivity index (χ4v) is 3.82. The molecule has 3 aromatic rings. The van der Waals surface area contributed by atoms with Crippen LogP contribution >= 0.6 is 0 Å². The van der Waals surface area contributed by atoms with Crippen LogP contribution < -0.4 is 10.6 Å². The molecule has 0 spiro atoms. The summed E-state index contributed by atoms with van der Waals surface area (Å²) in [5.41, 5.74) is 5.13. The summed E-state index contributed by atoms with van der Waals surface area (Å²) >= 11 is 0. The minimum Gasteiger partial charge on any atom is -0.355 e. The number of aryl methyl sites for hydroxylation is 2. The Morgan fingerprint density at radius 3 is 2.67 bits per heavy atom. The van der Waals surface area contributed by atoms with Crippen molar-refractivity contribution in [3.05, 3.63) is 76.9 Å². The number of hydrogen-bond acceptors (Lipinski definition) is 3. The van der Waals surface area contributed by atoms with Crippen molar-refractivity contribution in [2.45, 2.75) is 32.6 Å². The van der Waals surface area contributed by atoms with Crippen LogP contribution in [0.25, 0.3) is 5.69 Å². The molecule has 1 aliphatic rings. The molecule has 0 saturated heterocycles. The molecule has 0 bridgehead atoms. The summed E-state index contributed by atoms with van der Waals surface area (Å²) in [7, 11) is 0. The van der Waals surface area contributed by atoms with E-state index in [1.807, 2.05) is 48.9 Å². The molecule has 1 unspecified atom stereocenters. The number of amides is 2. The van der Waals surface area contributed by atoms with Crippen LogP contribution in [-0.4, -0.2) is 28.1 Å². The smallest absolute Gasteiger partial charge is 0.228 e. The molecule has 7 heteroatoms. The predicted octanol–water partition coefficient (Wildman–Crippen LogP) is 3.41. The standard InChI is InChI=1S/C23H23FN4O2/c1-14-11-15(2)28(27-14)18-6-3-16(4-7-18)9-10-25-23(30)20-13-22(29)26-21-12-17(24)5-8-19(20)21/h3-8,11-12,20H,9-10,13H2,1-2H3,(H,25,30)(H,26,29). The van der Waals surface area contributed by atoms with E-state index < -0.39 is 11.7 Å². The van der Waals surface area contributed by atoms with Crippen molar-refractivity contribution >= 4 is 17.5 Å². The number of aromatic nitrogens is 2. The summed E-state index contributed by atoms with van der Waals surface area (Å²) in [5.74, 6) is -1.56. The number of carbonyl (C=O) groups excluding carboxylic acids is 2. The quantitative estimate of drug-likeness (QED) is 0.682. The molecule has 2 amide bonds. The molecule has 2 aromatic carbocycles. The maximum Gasteiger partial charge on any atom is 0.228 e. The third-order valence-corrected chi connectivity index (χ3v) is 5.27. The Balaban J connectivity index is 1.37. The van der Waals surface area contributed by atoms with E-state index in [-0.39, 0.29) is 18.2 Å². The summed E-state index contributed by atoms with van der Waals surface area (Å²) in [6.45, 7) is 4.43. The first-order chi connectivity index (χ1) is 14.4. The molecule has 0 aliphatic carbocycles. The van der Waals surface area contributed by atoms with Crippen molar-refractivity contribution < 1.29 is 14.0 Å². The highest BCUT2D eigenvalue weighted by Crippen LogP contribution is 2.32. The number of fused-ring (bicyclic) bond motifs is 1. The molecular weight excluding hydrogens is 383 g/mol. The first kappa shape index (κ1) is 19.8. The van der Waals surface area contributed by atoms with E-state index in [1.54, 1.807) is 6.07 Å². The van der Waals surface area contributed by atoms with Gasteiger partial charge >= 0.3 is 0 Å². The van der Waals surface area contributed by atoms with Crippen molar-refractivity contribution in [1.82, 2.24) is 15.1 Å². The number of nitrogens with zero attached hydrogens (tertiary/aromatic N) is 2. The summed E-state index contributed by atoms with van der Waals surface area (Å²) in [6, 6.07) is 14.2. The highest BCUT2D eigenvalue weighted by atomic mass is 19.1. The lowest BCUT2D eigenvalue weighted by molar-refractivity contribution is -0.126. The van der Waals surface area contributed by atoms with E-state index in [0.717, 1.165) is 22.6 Å². The number of carbonyl (C=O) groups is 2. The van der Waals surface area contributed by atoms with E-state index in [2.05, 4.69) is 15.7 Å². The molecule has 0 radical (unpaired) electrons. The number of hydrogen-bond donors (Lipinski definition) is 2. The number of nitrogens with one attached hydrogen (secondary N) is 2. The van der Waals surface area contributed by atoms with Crippen LogP contribution in [0, 0.1) is 19.7 Å². The third kappa shape index (κ3) is 4.10. The van der Waals surface area contributed by atoms with Crippen LogP contribution in [0.2, 0.25) is 0 Å². The minimum atomic E-state index is -0.609. The molecule has 1 aromatic heterocycles. The molecule has 2 N–H and O–H groups in total. The second-order valence-corrected chi connectivity index (χ2v) is 7.58. The largest absolute Gasteiger partial charge is 0.355 e. The van der Waals surface area contributed by atoms with Crippen LogP contribution in [0.4, 0.5) is 10.1 Å². The number of halogens is 1. The van der Waals surface area contributed by atoms with Crippen LogP contribution in [0.5, 0.6) is 0 Å². The fraction of sp³-hybridized carbons (Fsp3) is 0.261. The van der Waals surface area contributed by atoms with Gasteiger partial charge in [0.2, 0.25) is 11.8 Å². The summed E-state index contributed by atoms with van der Waals surface area (Å²) in [4.78, 5) is 24.6. The average Bonchev–Trinajstić information content (AvgIpc) is 3.05. The van der Waals surface area contributed by atoms with Crippen molar-refractivity contribution in [3.8, 4) is 5.69 Å². The lowest BCUT2D eigenvalue weighted by Crippen LogP contribution is -2.36. The third-order valence-electron chi connectivity index (χ3n) is 5.27. The van der Waals surface area contributed by atoms with Gasteiger partial charge in [0.05, 0.1) is 17.3 Å². The van der Waals surface area contributed by atoms with E-state index in [0.29, 0.717) is 24.2 Å². The van der Waals surface area contributed by atoms with Gasteiger partial charge in [0.15, 0.2) is 0 Å². The molecule has 30 heavy (non-hydrogen) atoms. The van der Waals surface area contributed by atoms with Gasteiger partial charge in [-0.25, -0.2) is 9.07 Å². The van der Waals surface area contributed by atoms with Gasteiger partial charge in [-0.3, -0.25) is 9.59 Å². The highest BCUT2D eigenvalue weighted by Gasteiger charge is 2.30. The zero-order chi connectivity index (χ0) is 21.3. The molecule has 4 rings (SSSR count). The first-order valence-electron chi connectivity index (χ1n) is 9.90. The lowest BCUT2D eigenvalue weighted by Gasteiger charge is -2.24. The topological polar surface area (TPSA) is 76.0 Å². The van der Waals surface area contributed by atoms with E-state index in [9.17, 15) is 14.0 Å². The molecule has 0 saturated carbocycles. The van der Waals surface area contributed by atoms with Gasteiger partial charge in [-0.2, -0.15) is 5.10 Å². The first-order valence-corrected chi connectivity index (χ1v) is 9.90. The van der Waals surface area contributed by atoms with Gasteiger partial charge in [-0.1, -0.05) is 18.2 Å². The summed E-state index contributed by atoms with van der Waals surface area (Å²) < 4.78 is 15.3. The highest BCUT2D eigenvalue weighted by molar-refractivity contribution is 6.01.